The summed E-state index contributed by atoms with van der Waals surface area (Å²) >= 11 is 7.99. The van der Waals surface area contributed by atoms with Crippen molar-refractivity contribution in [2.45, 2.75) is 134 Å². The third-order valence-corrected chi connectivity index (χ3v) is 8.32. The molecule has 6 rings (SSSR count). The molecule has 6 nitrogen and oxygen atoms in total. The van der Waals surface area contributed by atoms with Crippen molar-refractivity contribution in [2.75, 3.05) is 5.32 Å². The number of halogens is 1. The van der Waals surface area contributed by atoms with Crippen molar-refractivity contribution in [3.05, 3.63) is 105 Å². The SMILES string of the molecule is C=C(CCC)C1CC1.CC.CC.CCC.Cc1nc(C)c(CNc2nc(CCC3CC3)nc(Cl)c2C)s1.c1ccncc1.c1ccncc1. The zero-order valence-corrected chi connectivity index (χ0v) is 33.8. The van der Waals surface area contributed by atoms with Crippen LogP contribution in [-0.2, 0) is 13.0 Å². The van der Waals surface area contributed by atoms with Crippen molar-refractivity contribution >= 4 is 28.8 Å². The first-order valence-corrected chi connectivity index (χ1v) is 19.6. The molecule has 2 saturated carbocycles. The Bertz CT molecular complexity index is 1250. The molecule has 1 N–H and O–H groups in total. The molecular weight excluding hydrogens is 644 g/mol. The van der Waals surface area contributed by atoms with Crippen molar-refractivity contribution < 1.29 is 0 Å². The van der Waals surface area contributed by atoms with Crippen LogP contribution in [0.1, 0.15) is 127 Å². The number of hydrogen-bond acceptors (Lipinski definition) is 7. The lowest BCUT2D eigenvalue weighted by Gasteiger charge is -2.11. The minimum Gasteiger partial charge on any atom is -0.365 e. The molecule has 0 amide bonds. The van der Waals surface area contributed by atoms with Crippen LogP contribution >= 0.6 is 22.9 Å². The fourth-order valence-corrected chi connectivity index (χ4v) is 5.16. The predicted octanol–water partition coefficient (Wildman–Crippen LogP) is 12.9. The molecule has 0 saturated heterocycles. The molecule has 0 aliphatic heterocycles. The van der Waals surface area contributed by atoms with Crippen LogP contribution in [0, 0.1) is 32.6 Å². The Morgan fingerprint density at radius 2 is 1.35 bits per heavy atom. The Kier molecular flexibility index (Phi) is 27.8. The van der Waals surface area contributed by atoms with Crippen molar-refractivity contribution in [2.24, 2.45) is 11.8 Å². The van der Waals surface area contributed by atoms with Gasteiger partial charge in [-0.2, -0.15) is 0 Å². The highest BCUT2D eigenvalue weighted by Gasteiger charge is 2.23. The van der Waals surface area contributed by atoms with E-state index < -0.39 is 0 Å². The second-order valence-corrected chi connectivity index (χ2v) is 13.1. The summed E-state index contributed by atoms with van der Waals surface area (Å²) in [5.74, 6) is 3.50. The van der Waals surface area contributed by atoms with Crippen LogP contribution in [0.3, 0.4) is 0 Å². The van der Waals surface area contributed by atoms with Crippen LogP contribution in [0.5, 0.6) is 0 Å². The Morgan fingerprint density at radius 3 is 1.71 bits per heavy atom. The molecule has 272 valence electrons. The van der Waals surface area contributed by atoms with E-state index in [1.54, 1.807) is 36.1 Å². The van der Waals surface area contributed by atoms with E-state index in [1.165, 1.54) is 61.8 Å². The third kappa shape index (κ3) is 23.0. The fraction of sp³-hybridized carbons (Fsp3) is 0.537. The number of thiazole rings is 1. The molecule has 0 unspecified atom stereocenters. The first-order valence-electron chi connectivity index (χ1n) is 18.4. The van der Waals surface area contributed by atoms with E-state index in [-0.39, 0.29) is 0 Å². The number of anilines is 1. The summed E-state index contributed by atoms with van der Waals surface area (Å²) in [5.41, 5.74) is 3.49. The van der Waals surface area contributed by atoms with Crippen LogP contribution in [0.25, 0.3) is 0 Å². The highest BCUT2D eigenvalue weighted by atomic mass is 35.5. The summed E-state index contributed by atoms with van der Waals surface area (Å²) < 4.78 is 0. The molecule has 0 radical (unpaired) electrons. The average molecular weight is 710 g/mol. The maximum Gasteiger partial charge on any atom is 0.137 e. The molecule has 2 aliphatic rings. The van der Waals surface area contributed by atoms with Gasteiger partial charge in [0.1, 0.15) is 16.8 Å². The van der Waals surface area contributed by atoms with Crippen molar-refractivity contribution in [3.63, 3.8) is 0 Å². The number of aromatic nitrogens is 5. The van der Waals surface area contributed by atoms with Gasteiger partial charge in [0.15, 0.2) is 0 Å². The van der Waals surface area contributed by atoms with E-state index in [4.69, 9.17) is 11.6 Å². The van der Waals surface area contributed by atoms with Gasteiger partial charge in [0.05, 0.1) is 17.2 Å². The van der Waals surface area contributed by atoms with Gasteiger partial charge in [0.2, 0.25) is 0 Å². The molecular formula is C41H65ClN6S. The van der Waals surface area contributed by atoms with Gasteiger partial charge in [-0.25, -0.2) is 15.0 Å². The second-order valence-electron chi connectivity index (χ2n) is 11.4. The Morgan fingerprint density at radius 1 is 0.816 bits per heavy atom. The topological polar surface area (TPSA) is 76.5 Å². The fourth-order valence-electron chi connectivity index (χ4n) is 4.10. The van der Waals surface area contributed by atoms with Crippen LogP contribution in [0.15, 0.2) is 73.3 Å². The lowest BCUT2D eigenvalue weighted by atomic mass is 10.1. The van der Waals surface area contributed by atoms with Gasteiger partial charge in [0.25, 0.3) is 0 Å². The van der Waals surface area contributed by atoms with Crippen molar-refractivity contribution in [3.8, 4) is 0 Å². The van der Waals surface area contributed by atoms with Crippen molar-refractivity contribution in [1.29, 1.82) is 0 Å². The van der Waals surface area contributed by atoms with Gasteiger partial charge >= 0.3 is 0 Å². The maximum atomic E-state index is 6.27. The number of aryl methyl sites for hydroxylation is 3. The lowest BCUT2D eigenvalue weighted by Crippen LogP contribution is -2.07. The van der Waals surface area contributed by atoms with E-state index in [0.717, 1.165) is 52.7 Å². The molecule has 4 aromatic heterocycles. The highest BCUT2D eigenvalue weighted by molar-refractivity contribution is 7.11. The number of nitrogens with one attached hydrogen (secondary N) is 1. The van der Waals surface area contributed by atoms with Crippen LogP contribution < -0.4 is 5.32 Å². The summed E-state index contributed by atoms with van der Waals surface area (Å²) in [6.07, 6.45) is 18.4. The van der Waals surface area contributed by atoms with E-state index in [1.807, 2.05) is 84.9 Å². The standard InChI is InChI=1S/C16H21ClN4S.C8H14.2C5H5N.C3H8.2C2H6/c1-9-15(17)20-14(7-6-12-4-5-12)21-16(9)18-8-13-10(2)19-11(3)22-13;1-3-4-7(2)8-5-6-8;2*1-2-4-6-5-3-1;1-3-2;2*1-2/h12H,4-8H2,1-3H3,(H,18,20,21);8H,2-6H2,1H3;2*1-5H;3H2,1-2H3;2*1-2H3. The Balaban J connectivity index is 0.000000696. The van der Waals surface area contributed by atoms with Crippen LogP contribution in [0.4, 0.5) is 5.82 Å². The van der Waals surface area contributed by atoms with Gasteiger partial charge in [0, 0.05) is 41.6 Å². The van der Waals surface area contributed by atoms with E-state index >= 15 is 0 Å². The van der Waals surface area contributed by atoms with E-state index in [2.05, 4.69) is 57.6 Å². The Hall–Kier alpha value is -3.16. The molecule has 2 aliphatic carbocycles. The van der Waals surface area contributed by atoms with Gasteiger partial charge < -0.3 is 5.32 Å². The molecule has 2 fully saturated rings. The maximum absolute atomic E-state index is 6.27. The third-order valence-electron chi connectivity index (χ3n) is 6.88. The molecule has 0 aromatic carbocycles. The summed E-state index contributed by atoms with van der Waals surface area (Å²) in [4.78, 5) is 22.3. The number of allylic oxidation sites excluding steroid dienone is 1. The normalized spacial score (nSPS) is 12.1. The number of nitrogens with zero attached hydrogens (tertiary/aromatic N) is 5. The Labute approximate surface area is 308 Å². The quantitative estimate of drug-likeness (QED) is 0.138. The number of rotatable bonds is 9. The molecule has 0 bridgehead atoms. The summed E-state index contributed by atoms with van der Waals surface area (Å²) in [7, 11) is 0. The molecule has 4 heterocycles. The van der Waals surface area contributed by atoms with Gasteiger partial charge in [-0.05, 0) is 82.6 Å². The van der Waals surface area contributed by atoms with Gasteiger partial charge in [-0.3, -0.25) is 9.97 Å². The van der Waals surface area contributed by atoms with Crippen LogP contribution in [0.2, 0.25) is 5.15 Å². The predicted molar refractivity (Wildman–Crippen MR) is 216 cm³/mol. The number of hydrogen-bond donors (Lipinski definition) is 1. The first-order chi connectivity index (χ1) is 23.8. The van der Waals surface area contributed by atoms with Gasteiger partial charge in [-0.1, -0.05) is 110 Å². The first kappa shape index (κ1) is 45.8. The van der Waals surface area contributed by atoms with E-state index in [9.17, 15) is 0 Å². The second kappa shape index (κ2) is 29.7. The lowest BCUT2D eigenvalue weighted by molar-refractivity contribution is 0.696. The zero-order chi connectivity index (χ0) is 36.9. The molecule has 4 aromatic rings. The molecule has 49 heavy (non-hydrogen) atoms. The summed E-state index contributed by atoms with van der Waals surface area (Å²) in [6, 6.07) is 11.4. The summed E-state index contributed by atoms with van der Waals surface area (Å²) in [6.45, 7) is 25.2. The van der Waals surface area contributed by atoms with Crippen molar-refractivity contribution in [1.82, 2.24) is 24.9 Å². The van der Waals surface area contributed by atoms with Crippen LogP contribution in [-0.4, -0.2) is 24.9 Å². The minimum atomic E-state index is 0.556. The largest absolute Gasteiger partial charge is 0.365 e. The minimum absolute atomic E-state index is 0.556. The zero-order valence-electron chi connectivity index (χ0n) is 32.2. The number of pyridine rings is 2. The smallest absolute Gasteiger partial charge is 0.137 e. The molecule has 0 spiro atoms. The van der Waals surface area contributed by atoms with Gasteiger partial charge in [-0.15, -0.1) is 11.3 Å². The molecule has 0 atom stereocenters. The summed E-state index contributed by atoms with van der Waals surface area (Å²) in [5, 5.41) is 5.05. The monoisotopic (exact) mass is 708 g/mol. The molecule has 8 heteroatoms. The highest BCUT2D eigenvalue weighted by Crippen LogP contribution is 2.37. The average Bonchev–Trinajstić information content (AvgIpc) is 4.08. The van der Waals surface area contributed by atoms with E-state index in [0.29, 0.717) is 5.15 Å².